The molecule has 0 aliphatic carbocycles. The van der Waals surface area contributed by atoms with Crippen molar-refractivity contribution in [1.29, 1.82) is 0 Å². The molecule has 0 aliphatic rings. The van der Waals surface area contributed by atoms with E-state index in [0.717, 1.165) is 19.3 Å². The standard InChI is InChI=1S/C9H17NO2/c1-8(10)6-4-3-5-7-9(11)12-2/h5,7-8H,3-4,6,10H2,1-2H3/b7-5+. The van der Waals surface area contributed by atoms with Gasteiger partial charge in [-0.15, -0.1) is 0 Å². The molecule has 0 fully saturated rings. The Morgan fingerprint density at radius 3 is 2.83 bits per heavy atom. The Bertz CT molecular complexity index is 153. The van der Waals surface area contributed by atoms with E-state index in [1.165, 1.54) is 13.2 Å². The van der Waals surface area contributed by atoms with Crippen LogP contribution in [0.25, 0.3) is 0 Å². The molecule has 1 unspecified atom stereocenters. The van der Waals surface area contributed by atoms with Gasteiger partial charge in [0, 0.05) is 12.1 Å². The van der Waals surface area contributed by atoms with Crippen molar-refractivity contribution in [2.75, 3.05) is 7.11 Å². The fraction of sp³-hybridized carbons (Fsp3) is 0.667. The summed E-state index contributed by atoms with van der Waals surface area (Å²) in [7, 11) is 1.37. The van der Waals surface area contributed by atoms with E-state index in [0.29, 0.717) is 0 Å². The van der Waals surface area contributed by atoms with Gasteiger partial charge in [-0.1, -0.05) is 6.08 Å². The van der Waals surface area contributed by atoms with Gasteiger partial charge in [0.05, 0.1) is 7.11 Å². The number of methoxy groups -OCH3 is 1. The second-order valence-corrected chi connectivity index (χ2v) is 2.83. The molecule has 0 bridgehead atoms. The van der Waals surface area contributed by atoms with Gasteiger partial charge in [-0.25, -0.2) is 4.79 Å². The fourth-order valence-electron chi connectivity index (χ4n) is 0.805. The van der Waals surface area contributed by atoms with Gasteiger partial charge in [0.25, 0.3) is 0 Å². The molecule has 0 heterocycles. The molecule has 3 heteroatoms. The Morgan fingerprint density at radius 2 is 2.33 bits per heavy atom. The van der Waals surface area contributed by atoms with Gasteiger partial charge >= 0.3 is 5.97 Å². The Morgan fingerprint density at radius 1 is 1.67 bits per heavy atom. The van der Waals surface area contributed by atoms with Gasteiger partial charge in [-0.05, 0) is 26.2 Å². The first-order chi connectivity index (χ1) is 5.66. The molecular formula is C9H17NO2. The van der Waals surface area contributed by atoms with Crippen LogP contribution in [0.5, 0.6) is 0 Å². The SMILES string of the molecule is COC(=O)/C=C/CCCC(C)N. The van der Waals surface area contributed by atoms with E-state index < -0.39 is 0 Å². The molecule has 0 aromatic heterocycles. The minimum absolute atomic E-state index is 0.247. The third-order valence-corrected chi connectivity index (χ3v) is 1.49. The monoisotopic (exact) mass is 171 g/mol. The van der Waals surface area contributed by atoms with Gasteiger partial charge in [0.15, 0.2) is 0 Å². The van der Waals surface area contributed by atoms with Gasteiger partial charge < -0.3 is 10.5 Å². The lowest BCUT2D eigenvalue weighted by molar-refractivity contribution is -0.134. The molecule has 0 saturated heterocycles. The molecule has 1 atom stereocenters. The number of nitrogens with two attached hydrogens (primary N) is 1. The van der Waals surface area contributed by atoms with Crippen molar-refractivity contribution in [2.45, 2.75) is 32.2 Å². The molecular weight excluding hydrogens is 154 g/mol. The van der Waals surface area contributed by atoms with Crippen LogP contribution < -0.4 is 5.73 Å². The molecule has 2 N–H and O–H groups in total. The molecule has 12 heavy (non-hydrogen) atoms. The molecule has 0 aromatic carbocycles. The van der Waals surface area contributed by atoms with Crippen molar-refractivity contribution in [3.8, 4) is 0 Å². The molecule has 0 spiro atoms. The number of carbonyl (C=O) groups is 1. The van der Waals surface area contributed by atoms with Gasteiger partial charge in [0.2, 0.25) is 0 Å². The summed E-state index contributed by atoms with van der Waals surface area (Å²) >= 11 is 0. The highest BCUT2D eigenvalue weighted by Gasteiger charge is 1.92. The zero-order valence-electron chi connectivity index (χ0n) is 7.75. The van der Waals surface area contributed by atoms with Crippen molar-refractivity contribution in [3.05, 3.63) is 12.2 Å². The lowest BCUT2D eigenvalue weighted by Crippen LogP contribution is -2.13. The van der Waals surface area contributed by atoms with Crippen LogP contribution in [0.3, 0.4) is 0 Å². The van der Waals surface area contributed by atoms with Gasteiger partial charge in [-0.2, -0.15) is 0 Å². The zero-order valence-corrected chi connectivity index (χ0v) is 7.75. The van der Waals surface area contributed by atoms with Crippen LogP contribution in [0.2, 0.25) is 0 Å². The van der Waals surface area contributed by atoms with E-state index in [1.54, 1.807) is 0 Å². The van der Waals surface area contributed by atoms with Crippen molar-refractivity contribution in [1.82, 2.24) is 0 Å². The second-order valence-electron chi connectivity index (χ2n) is 2.83. The van der Waals surface area contributed by atoms with Gasteiger partial charge in [-0.3, -0.25) is 0 Å². The Labute approximate surface area is 73.6 Å². The van der Waals surface area contributed by atoms with E-state index in [4.69, 9.17) is 5.73 Å². The quantitative estimate of drug-likeness (QED) is 0.384. The highest BCUT2D eigenvalue weighted by atomic mass is 16.5. The van der Waals surface area contributed by atoms with Crippen LogP contribution in [0.1, 0.15) is 26.2 Å². The maximum absolute atomic E-state index is 10.6. The number of hydrogen-bond donors (Lipinski definition) is 1. The molecule has 0 aromatic rings. The lowest BCUT2D eigenvalue weighted by Gasteiger charge is -2.00. The summed E-state index contributed by atoms with van der Waals surface area (Å²) in [4.78, 5) is 10.6. The first-order valence-corrected chi connectivity index (χ1v) is 4.17. The van der Waals surface area contributed by atoms with Crippen molar-refractivity contribution >= 4 is 5.97 Å². The summed E-state index contributed by atoms with van der Waals surface area (Å²) in [5.41, 5.74) is 5.54. The first kappa shape index (κ1) is 11.2. The Balaban J connectivity index is 3.30. The summed E-state index contributed by atoms with van der Waals surface area (Å²) in [5, 5.41) is 0. The summed E-state index contributed by atoms with van der Waals surface area (Å²) in [5.74, 6) is -0.296. The van der Waals surface area contributed by atoms with Crippen molar-refractivity contribution in [3.63, 3.8) is 0 Å². The predicted octanol–water partition coefficient (Wildman–Crippen LogP) is 1.23. The van der Waals surface area contributed by atoms with E-state index >= 15 is 0 Å². The predicted molar refractivity (Wildman–Crippen MR) is 48.7 cm³/mol. The summed E-state index contributed by atoms with van der Waals surface area (Å²) in [6.07, 6.45) is 6.16. The van der Waals surface area contributed by atoms with E-state index in [9.17, 15) is 4.79 Å². The smallest absolute Gasteiger partial charge is 0.330 e. The first-order valence-electron chi connectivity index (χ1n) is 4.17. The zero-order chi connectivity index (χ0) is 9.40. The number of hydrogen-bond acceptors (Lipinski definition) is 3. The molecule has 0 saturated carbocycles. The summed E-state index contributed by atoms with van der Waals surface area (Å²) in [6.45, 7) is 1.98. The fourth-order valence-corrected chi connectivity index (χ4v) is 0.805. The number of ether oxygens (including phenoxy) is 1. The minimum atomic E-state index is -0.296. The molecule has 0 amide bonds. The second kappa shape index (κ2) is 6.85. The third-order valence-electron chi connectivity index (χ3n) is 1.49. The average molecular weight is 171 g/mol. The van der Waals surface area contributed by atoms with Crippen LogP contribution in [0.4, 0.5) is 0 Å². The molecule has 0 radical (unpaired) electrons. The minimum Gasteiger partial charge on any atom is -0.466 e. The highest BCUT2D eigenvalue weighted by molar-refractivity contribution is 5.81. The summed E-state index contributed by atoms with van der Waals surface area (Å²) < 4.78 is 4.43. The Hall–Kier alpha value is -0.830. The van der Waals surface area contributed by atoms with Crippen molar-refractivity contribution < 1.29 is 9.53 Å². The lowest BCUT2D eigenvalue weighted by atomic mass is 10.1. The average Bonchev–Trinajstić information content (AvgIpc) is 2.03. The topological polar surface area (TPSA) is 52.3 Å². The van der Waals surface area contributed by atoms with Crippen LogP contribution in [-0.2, 0) is 9.53 Å². The van der Waals surface area contributed by atoms with E-state index in [2.05, 4.69) is 4.74 Å². The third kappa shape index (κ3) is 7.28. The number of unbranched alkanes of at least 4 members (excludes halogenated alkanes) is 1. The van der Waals surface area contributed by atoms with E-state index in [1.807, 2.05) is 13.0 Å². The number of allylic oxidation sites excluding steroid dienone is 1. The maximum Gasteiger partial charge on any atom is 0.330 e. The molecule has 0 rings (SSSR count). The van der Waals surface area contributed by atoms with Crippen LogP contribution >= 0.6 is 0 Å². The van der Waals surface area contributed by atoms with Crippen LogP contribution in [0.15, 0.2) is 12.2 Å². The maximum atomic E-state index is 10.6. The van der Waals surface area contributed by atoms with Gasteiger partial charge in [0.1, 0.15) is 0 Å². The van der Waals surface area contributed by atoms with E-state index in [-0.39, 0.29) is 12.0 Å². The van der Waals surface area contributed by atoms with Crippen LogP contribution in [0, 0.1) is 0 Å². The largest absolute Gasteiger partial charge is 0.466 e. The summed E-state index contributed by atoms with van der Waals surface area (Å²) in [6, 6.07) is 0.247. The highest BCUT2D eigenvalue weighted by Crippen LogP contribution is 1.99. The Kier molecular flexibility index (Phi) is 6.38. The molecule has 0 aliphatic heterocycles. The molecule has 70 valence electrons. The van der Waals surface area contributed by atoms with Crippen molar-refractivity contribution in [2.24, 2.45) is 5.73 Å². The van der Waals surface area contributed by atoms with Crippen LogP contribution in [-0.4, -0.2) is 19.1 Å². The number of esters is 1. The number of rotatable bonds is 5. The normalized spacial score (nSPS) is 13.2. The molecule has 3 nitrogen and oxygen atoms in total. The number of carbonyl (C=O) groups excluding carboxylic acids is 1.